The number of halogens is 1. The van der Waals surface area contributed by atoms with Crippen LogP contribution in [0.25, 0.3) is 10.2 Å². The minimum absolute atomic E-state index is 0.0442. The molecule has 0 atom stereocenters. The molecule has 0 radical (unpaired) electrons. The van der Waals surface area contributed by atoms with Gasteiger partial charge in [-0.25, -0.2) is 27.5 Å². The number of nitrogens with two attached hydrogens (primary N) is 1. The Morgan fingerprint density at radius 3 is 2.68 bits per heavy atom. The molecular formula is C22H26FN5O4S2. The summed E-state index contributed by atoms with van der Waals surface area (Å²) in [7, 11) is -3.26. The standard InChI is InChI=1S/C22H26FN5O4S2/c1-3-34(30,31)28-14-5-7-15(8-6-14)32-17-10-13(23)4-9-16(17)27-21-18-12(2)19(20(24)29)33-22(18)26-11-25-21/h4,9-11,14-15,28H,3,5-8H2,1-2H3,(H2,24,29)(H,25,26,27). The van der Waals surface area contributed by atoms with Crippen molar-refractivity contribution in [2.75, 3.05) is 11.1 Å². The van der Waals surface area contributed by atoms with Gasteiger partial charge in [-0.3, -0.25) is 4.79 Å². The van der Waals surface area contributed by atoms with E-state index in [1.54, 1.807) is 19.9 Å². The highest BCUT2D eigenvalue weighted by molar-refractivity contribution is 7.89. The molecule has 2 aromatic heterocycles. The van der Waals surface area contributed by atoms with Crippen molar-refractivity contribution < 1.29 is 22.3 Å². The molecule has 1 fully saturated rings. The minimum atomic E-state index is -3.26. The summed E-state index contributed by atoms with van der Waals surface area (Å²) in [6.07, 6.45) is 3.75. The molecule has 1 saturated carbocycles. The normalized spacial score (nSPS) is 18.7. The summed E-state index contributed by atoms with van der Waals surface area (Å²) in [6.45, 7) is 3.38. The fourth-order valence-corrected chi connectivity index (χ4v) is 5.95. The van der Waals surface area contributed by atoms with Gasteiger partial charge in [-0.2, -0.15) is 0 Å². The highest BCUT2D eigenvalue weighted by Gasteiger charge is 2.26. The number of aromatic nitrogens is 2. The van der Waals surface area contributed by atoms with Crippen LogP contribution >= 0.6 is 11.3 Å². The zero-order valence-corrected chi connectivity index (χ0v) is 20.4. The third kappa shape index (κ3) is 5.29. The largest absolute Gasteiger partial charge is 0.488 e. The van der Waals surface area contributed by atoms with Crippen molar-refractivity contribution in [3.8, 4) is 5.75 Å². The number of aryl methyl sites for hydroxylation is 1. The molecule has 0 spiro atoms. The second-order valence-corrected chi connectivity index (χ2v) is 11.2. The van der Waals surface area contributed by atoms with Crippen molar-refractivity contribution in [2.45, 2.75) is 51.7 Å². The van der Waals surface area contributed by atoms with Crippen LogP contribution in [0.1, 0.15) is 47.8 Å². The van der Waals surface area contributed by atoms with E-state index in [0.29, 0.717) is 63.6 Å². The van der Waals surface area contributed by atoms with Crippen LogP contribution in [0, 0.1) is 12.7 Å². The number of benzene rings is 1. The second kappa shape index (κ2) is 9.80. The molecule has 12 heteroatoms. The number of amides is 1. The maximum absolute atomic E-state index is 14.1. The summed E-state index contributed by atoms with van der Waals surface area (Å²) in [4.78, 5) is 21.3. The van der Waals surface area contributed by atoms with Crippen LogP contribution in [-0.2, 0) is 10.0 Å². The molecular weight excluding hydrogens is 481 g/mol. The Morgan fingerprint density at radius 1 is 1.26 bits per heavy atom. The molecule has 2 heterocycles. The van der Waals surface area contributed by atoms with Gasteiger partial charge in [0, 0.05) is 12.1 Å². The first-order valence-electron chi connectivity index (χ1n) is 10.9. The van der Waals surface area contributed by atoms with Crippen molar-refractivity contribution in [1.29, 1.82) is 0 Å². The SMILES string of the molecule is CCS(=O)(=O)NC1CCC(Oc2cc(F)ccc2Nc2ncnc3sc(C(N)=O)c(C)c23)CC1. The van der Waals surface area contributed by atoms with Crippen LogP contribution in [0.15, 0.2) is 24.5 Å². The number of carbonyl (C=O) groups excluding carboxylic acids is 1. The van der Waals surface area contributed by atoms with Gasteiger partial charge in [-0.1, -0.05) is 0 Å². The number of nitrogens with one attached hydrogen (secondary N) is 2. The number of anilines is 2. The van der Waals surface area contributed by atoms with Gasteiger partial charge < -0.3 is 15.8 Å². The molecule has 1 aromatic carbocycles. The zero-order chi connectivity index (χ0) is 24.5. The molecule has 0 unspecified atom stereocenters. The average molecular weight is 508 g/mol. The van der Waals surface area contributed by atoms with E-state index < -0.39 is 21.7 Å². The van der Waals surface area contributed by atoms with E-state index in [1.165, 1.54) is 29.8 Å². The minimum Gasteiger partial charge on any atom is -0.488 e. The van der Waals surface area contributed by atoms with E-state index in [-0.39, 0.29) is 17.9 Å². The van der Waals surface area contributed by atoms with Crippen molar-refractivity contribution in [2.24, 2.45) is 5.73 Å². The van der Waals surface area contributed by atoms with Crippen molar-refractivity contribution in [3.05, 3.63) is 40.8 Å². The fourth-order valence-electron chi connectivity index (χ4n) is 4.04. The van der Waals surface area contributed by atoms with Crippen molar-refractivity contribution in [3.63, 3.8) is 0 Å². The maximum Gasteiger partial charge on any atom is 0.259 e. The number of primary amides is 1. The molecule has 34 heavy (non-hydrogen) atoms. The molecule has 4 N–H and O–H groups in total. The van der Waals surface area contributed by atoms with Gasteiger partial charge in [0.1, 0.15) is 28.5 Å². The zero-order valence-electron chi connectivity index (χ0n) is 18.8. The topological polar surface area (TPSA) is 136 Å². The molecule has 3 aromatic rings. The number of hydrogen-bond acceptors (Lipinski definition) is 8. The van der Waals surface area contributed by atoms with Gasteiger partial charge in [0.05, 0.1) is 27.8 Å². The predicted molar refractivity (Wildman–Crippen MR) is 130 cm³/mol. The van der Waals surface area contributed by atoms with Gasteiger partial charge in [0.2, 0.25) is 10.0 Å². The molecule has 0 saturated heterocycles. The molecule has 9 nitrogen and oxygen atoms in total. The Bertz CT molecular complexity index is 1320. The van der Waals surface area contributed by atoms with Crippen LogP contribution in [-0.4, -0.2) is 42.2 Å². The third-order valence-electron chi connectivity index (χ3n) is 5.84. The molecule has 182 valence electrons. The molecule has 1 aliphatic rings. The number of nitrogens with zero attached hydrogens (tertiary/aromatic N) is 2. The number of hydrogen-bond donors (Lipinski definition) is 3. The smallest absolute Gasteiger partial charge is 0.259 e. The number of ether oxygens (including phenoxy) is 1. The number of rotatable bonds is 8. The van der Waals surface area contributed by atoms with E-state index >= 15 is 0 Å². The van der Waals surface area contributed by atoms with Crippen molar-refractivity contribution >= 4 is 49.0 Å². The van der Waals surface area contributed by atoms with Gasteiger partial charge in [-0.05, 0) is 57.2 Å². The number of sulfonamides is 1. The quantitative estimate of drug-likeness (QED) is 0.424. The van der Waals surface area contributed by atoms with E-state index in [9.17, 15) is 17.6 Å². The van der Waals surface area contributed by atoms with Crippen LogP contribution in [0.3, 0.4) is 0 Å². The Hall–Kier alpha value is -2.83. The maximum atomic E-state index is 14.1. The Balaban J connectivity index is 1.54. The monoisotopic (exact) mass is 507 g/mol. The van der Waals surface area contributed by atoms with Crippen LogP contribution < -0.4 is 20.5 Å². The van der Waals surface area contributed by atoms with Gasteiger partial charge in [-0.15, -0.1) is 11.3 Å². The first-order valence-corrected chi connectivity index (χ1v) is 13.4. The van der Waals surface area contributed by atoms with Crippen LogP contribution in [0.4, 0.5) is 15.9 Å². The number of thiophene rings is 1. The fraction of sp³-hybridized carbons (Fsp3) is 0.409. The lowest BCUT2D eigenvalue weighted by Gasteiger charge is -2.30. The Kier molecular flexibility index (Phi) is 7.01. The molecule has 1 amide bonds. The highest BCUT2D eigenvalue weighted by atomic mass is 32.2. The third-order valence-corrected chi connectivity index (χ3v) is 8.51. The summed E-state index contributed by atoms with van der Waals surface area (Å²) in [5.41, 5.74) is 6.67. The summed E-state index contributed by atoms with van der Waals surface area (Å²) < 4.78 is 46.6. The van der Waals surface area contributed by atoms with E-state index in [0.717, 1.165) is 0 Å². The van der Waals surface area contributed by atoms with Crippen LogP contribution in [0.5, 0.6) is 5.75 Å². The first kappa shape index (κ1) is 24.3. The number of fused-ring (bicyclic) bond motifs is 1. The summed E-state index contributed by atoms with van der Waals surface area (Å²) in [5, 5.41) is 3.86. The summed E-state index contributed by atoms with van der Waals surface area (Å²) in [6, 6.07) is 4.07. The lowest BCUT2D eigenvalue weighted by atomic mass is 9.93. The van der Waals surface area contributed by atoms with E-state index in [4.69, 9.17) is 10.5 Å². The Labute approximate surface area is 201 Å². The van der Waals surface area contributed by atoms with Crippen molar-refractivity contribution in [1.82, 2.24) is 14.7 Å². The van der Waals surface area contributed by atoms with E-state index in [2.05, 4.69) is 20.0 Å². The average Bonchev–Trinajstić information content (AvgIpc) is 3.14. The predicted octanol–water partition coefficient (Wildman–Crippen LogP) is 3.61. The van der Waals surface area contributed by atoms with Crippen LogP contribution in [0.2, 0.25) is 0 Å². The first-order chi connectivity index (χ1) is 16.2. The highest BCUT2D eigenvalue weighted by Crippen LogP contribution is 2.37. The summed E-state index contributed by atoms with van der Waals surface area (Å²) >= 11 is 1.19. The molecule has 1 aliphatic carbocycles. The lowest BCUT2D eigenvalue weighted by molar-refractivity contribution is 0.100. The Morgan fingerprint density at radius 2 is 2.00 bits per heavy atom. The lowest BCUT2D eigenvalue weighted by Crippen LogP contribution is -2.40. The van der Waals surface area contributed by atoms with E-state index in [1.807, 2.05) is 0 Å². The van der Waals surface area contributed by atoms with Gasteiger partial charge >= 0.3 is 0 Å². The van der Waals surface area contributed by atoms with Gasteiger partial charge in [0.25, 0.3) is 5.91 Å². The summed E-state index contributed by atoms with van der Waals surface area (Å²) in [5.74, 6) is -0.148. The van der Waals surface area contributed by atoms with Gasteiger partial charge in [0.15, 0.2) is 0 Å². The molecule has 0 aliphatic heterocycles. The number of carbonyl (C=O) groups is 1. The molecule has 0 bridgehead atoms. The second-order valence-electron chi connectivity index (χ2n) is 8.20. The molecule has 4 rings (SSSR count).